The molecule has 156 valence electrons. The van der Waals surface area contributed by atoms with Crippen LogP contribution in [0.15, 0.2) is 35.5 Å². The van der Waals surface area contributed by atoms with E-state index in [1.54, 1.807) is 30.9 Å². The van der Waals surface area contributed by atoms with Gasteiger partial charge in [-0.05, 0) is 43.8 Å². The van der Waals surface area contributed by atoms with Crippen LogP contribution in [0.5, 0.6) is 5.75 Å². The van der Waals surface area contributed by atoms with E-state index in [0.717, 1.165) is 5.56 Å². The normalized spacial score (nSPS) is 19.3. The van der Waals surface area contributed by atoms with E-state index in [1.807, 2.05) is 12.1 Å². The molecule has 2 heterocycles. The average molecular weight is 420 g/mol. The van der Waals surface area contributed by atoms with Crippen molar-refractivity contribution in [1.29, 1.82) is 0 Å². The number of carbonyl (C=O) groups is 2. The SMILES string of the molecule is CCOC(=O)C1=C(C)NC(=S)N[C@H]1c1ccc(OCC(=O)N2CCOCC2)cc1. The third kappa shape index (κ3) is 5.24. The Morgan fingerprint density at radius 1 is 1.24 bits per heavy atom. The van der Waals surface area contributed by atoms with Crippen LogP contribution in [0.25, 0.3) is 0 Å². The molecule has 0 aliphatic carbocycles. The minimum Gasteiger partial charge on any atom is -0.484 e. The number of esters is 1. The van der Waals surface area contributed by atoms with E-state index in [-0.39, 0.29) is 19.1 Å². The number of nitrogens with zero attached hydrogens (tertiary/aromatic N) is 1. The fourth-order valence-electron chi connectivity index (χ4n) is 3.23. The van der Waals surface area contributed by atoms with Crippen LogP contribution >= 0.6 is 12.2 Å². The van der Waals surface area contributed by atoms with Gasteiger partial charge in [0.05, 0.1) is 31.4 Å². The van der Waals surface area contributed by atoms with Crippen molar-refractivity contribution in [2.24, 2.45) is 0 Å². The van der Waals surface area contributed by atoms with Crippen LogP contribution in [-0.4, -0.2) is 61.4 Å². The molecule has 8 nitrogen and oxygen atoms in total. The first-order chi connectivity index (χ1) is 14.0. The summed E-state index contributed by atoms with van der Waals surface area (Å²) in [5.41, 5.74) is 1.98. The quantitative estimate of drug-likeness (QED) is 0.527. The van der Waals surface area contributed by atoms with Gasteiger partial charge < -0.3 is 29.7 Å². The second kappa shape index (κ2) is 9.71. The molecule has 0 aromatic heterocycles. The van der Waals surface area contributed by atoms with Crippen molar-refractivity contribution in [3.05, 3.63) is 41.1 Å². The summed E-state index contributed by atoms with van der Waals surface area (Å²) in [7, 11) is 0. The van der Waals surface area contributed by atoms with Crippen LogP contribution in [0.1, 0.15) is 25.5 Å². The fourth-order valence-corrected chi connectivity index (χ4v) is 3.50. The molecule has 1 saturated heterocycles. The summed E-state index contributed by atoms with van der Waals surface area (Å²) >= 11 is 5.24. The predicted molar refractivity (Wildman–Crippen MR) is 110 cm³/mol. The van der Waals surface area contributed by atoms with Gasteiger partial charge in [-0.2, -0.15) is 0 Å². The Hall–Kier alpha value is -2.65. The minimum absolute atomic E-state index is 0.0257. The maximum absolute atomic E-state index is 12.4. The summed E-state index contributed by atoms with van der Waals surface area (Å²) in [5.74, 6) is 0.116. The number of rotatable bonds is 6. The highest BCUT2D eigenvalue weighted by molar-refractivity contribution is 7.80. The largest absolute Gasteiger partial charge is 0.484 e. The van der Waals surface area contributed by atoms with Crippen molar-refractivity contribution in [2.45, 2.75) is 19.9 Å². The Labute approximate surface area is 175 Å². The number of allylic oxidation sites excluding steroid dienone is 1. The molecule has 9 heteroatoms. The van der Waals surface area contributed by atoms with Crippen molar-refractivity contribution >= 4 is 29.2 Å². The lowest BCUT2D eigenvalue weighted by atomic mass is 9.95. The van der Waals surface area contributed by atoms with Crippen LogP contribution in [0.3, 0.4) is 0 Å². The molecule has 0 unspecified atom stereocenters. The van der Waals surface area contributed by atoms with Gasteiger partial charge >= 0.3 is 5.97 Å². The van der Waals surface area contributed by atoms with Gasteiger partial charge in [-0.3, -0.25) is 4.79 Å². The van der Waals surface area contributed by atoms with E-state index in [4.69, 9.17) is 26.4 Å². The topological polar surface area (TPSA) is 89.1 Å². The van der Waals surface area contributed by atoms with Crippen LogP contribution in [0.4, 0.5) is 0 Å². The first kappa shape index (κ1) is 21.1. The molecule has 0 saturated carbocycles. The van der Waals surface area contributed by atoms with E-state index in [9.17, 15) is 9.59 Å². The van der Waals surface area contributed by atoms with Gasteiger partial charge in [-0.1, -0.05) is 12.1 Å². The number of morpholine rings is 1. The molecular formula is C20H25N3O5S. The highest BCUT2D eigenvalue weighted by atomic mass is 32.1. The highest BCUT2D eigenvalue weighted by Gasteiger charge is 2.30. The lowest BCUT2D eigenvalue weighted by Crippen LogP contribution is -2.45. The van der Waals surface area contributed by atoms with E-state index in [1.165, 1.54) is 0 Å². The van der Waals surface area contributed by atoms with Gasteiger partial charge in [0.1, 0.15) is 5.75 Å². The molecule has 2 N–H and O–H groups in total. The maximum atomic E-state index is 12.4. The number of thiocarbonyl (C=S) groups is 1. The smallest absolute Gasteiger partial charge is 0.338 e. The molecule has 2 aliphatic rings. The summed E-state index contributed by atoms with van der Waals surface area (Å²) in [6.07, 6.45) is 0. The van der Waals surface area contributed by atoms with Crippen LogP contribution in [0, 0.1) is 0 Å². The zero-order chi connectivity index (χ0) is 20.8. The van der Waals surface area contributed by atoms with Gasteiger partial charge in [0.15, 0.2) is 11.7 Å². The summed E-state index contributed by atoms with van der Waals surface area (Å²) in [6, 6.07) is 6.80. The molecule has 2 aliphatic heterocycles. The zero-order valence-electron chi connectivity index (χ0n) is 16.5. The maximum Gasteiger partial charge on any atom is 0.338 e. The van der Waals surface area contributed by atoms with E-state index >= 15 is 0 Å². The van der Waals surface area contributed by atoms with Gasteiger partial charge in [0.25, 0.3) is 5.91 Å². The third-order valence-corrected chi connectivity index (χ3v) is 4.92. The number of hydrogen-bond acceptors (Lipinski definition) is 6. The Morgan fingerprint density at radius 2 is 1.93 bits per heavy atom. The van der Waals surface area contributed by atoms with Crippen molar-refractivity contribution in [3.8, 4) is 5.75 Å². The van der Waals surface area contributed by atoms with E-state index < -0.39 is 12.0 Å². The Kier molecular flexibility index (Phi) is 7.05. The standard InChI is InChI=1S/C20H25N3O5S/c1-3-27-19(25)17-13(2)21-20(29)22-18(17)14-4-6-15(7-5-14)28-12-16(24)23-8-10-26-11-9-23/h4-7,18H,3,8-12H2,1-2H3,(H2,21,22,29)/t18-/m0/s1. The van der Waals surface area contributed by atoms with Gasteiger partial charge in [0, 0.05) is 18.8 Å². The Morgan fingerprint density at radius 3 is 2.59 bits per heavy atom. The summed E-state index contributed by atoms with van der Waals surface area (Å²) in [4.78, 5) is 26.3. The van der Waals surface area contributed by atoms with Crippen LogP contribution in [0.2, 0.25) is 0 Å². The lowest BCUT2D eigenvalue weighted by molar-refractivity contribution is -0.139. The number of carbonyl (C=O) groups excluding carboxylic acids is 2. The van der Waals surface area contributed by atoms with E-state index in [0.29, 0.717) is 48.4 Å². The van der Waals surface area contributed by atoms with Crippen LogP contribution < -0.4 is 15.4 Å². The summed E-state index contributed by atoms with van der Waals surface area (Å²) in [6.45, 7) is 6.11. The molecule has 0 radical (unpaired) electrons. The lowest BCUT2D eigenvalue weighted by Gasteiger charge is -2.30. The number of nitrogens with one attached hydrogen (secondary N) is 2. The van der Waals surface area contributed by atoms with Gasteiger partial charge in [0.2, 0.25) is 0 Å². The third-order valence-electron chi connectivity index (χ3n) is 4.70. The van der Waals surface area contributed by atoms with Gasteiger partial charge in [-0.15, -0.1) is 0 Å². The molecule has 29 heavy (non-hydrogen) atoms. The average Bonchev–Trinajstić information content (AvgIpc) is 2.72. The monoisotopic (exact) mass is 419 g/mol. The first-order valence-corrected chi connectivity index (χ1v) is 9.94. The van der Waals surface area contributed by atoms with Crippen molar-refractivity contribution in [3.63, 3.8) is 0 Å². The zero-order valence-corrected chi connectivity index (χ0v) is 17.3. The first-order valence-electron chi connectivity index (χ1n) is 9.53. The van der Waals surface area contributed by atoms with Crippen LogP contribution in [-0.2, 0) is 19.1 Å². The van der Waals surface area contributed by atoms with Crippen molar-refractivity contribution < 1.29 is 23.8 Å². The van der Waals surface area contributed by atoms with E-state index in [2.05, 4.69) is 10.6 Å². The molecule has 1 aromatic rings. The number of ether oxygens (including phenoxy) is 3. The highest BCUT2D eigenvalue weighted by Crippen LogP contribution is 2.29. The molecular weight excluding hydrogens is 394 g/mol. The second-order valence-corrected chi connectivity index (χ2v) is 7.05. The Balaban J connectivity index is 1.67. The second-order valence-electron chi connectivity index (χ2n) is 6.64. The van der Waals surface area contributed by atoms with Gasteiger partial charge in [-0.25, -0.2) is 4.79 Å². The predicted octanol–water partition coefficient (Wildman–Crippen LogP) is 1.28. The molecule has 0 spiro atoms. The molecule has 1 amide bonds. The summed E-state index contributed by atoms with van der Waals surface area (Å²) in [5, 5.41) is 6.52. The summed E-state index contributed by atoms with van der Waals surface area (Å²) < 4.78 is 16.1. The molecule has 1 fully saturated rings. The van der Waals surface area contributed by atoms with Crippen molar-refractivity contribution in [2.75, 3.05) is 39.5 Å². The number of benzene rings is 1. The number of hydrogen-bond donors (Lipinski definition) is 2. The minimum atomic E-state index is -0.424. The fraction of sp³-hybridized carbons (Fsp3) is 0.450. The molecule has 1 aromatic carbocycles. The molecule has 0 bridgehead atoms. The van der Waals surface area contributed by atoms with Crippen molar-refractivity contribution in [1.82, 2.24) is 15.5 Å². The number of amides is 1. The Bertz CT molecular complexity index is 803. The molecule has 1 atom stereocenters. The molecule has 3 rings (SSSR count).